The summed E-state index contributed by atoms with van der Waals surface area (Å²) in [5, 5.41) is 2.76. The summed E-state index contributed by atoms with van der Waals surface area (Å²) in [5.41, 5.74) is 2.57. The summed E-state index contributed by atoms with van der Waals surface area (Å²) in [6, 6.07) is 9.91. The quantitative estimate of drug-likeness (QED) is 0.685. The van der Waals surface area contributed by atoms with Crippen LogP contribution in [0.5, 0.6) is 0 Å². The number of amides is 2. The van der Waals surface area contributed by atoms with Crippen LogP contribution < -0.4 is 5.32 Å². The van der Waals surface area contributed by atoms with Crippen LogP contribution in [-0.2, 0) is 11.3 Å². The molecule has 0 atom stereocenters. The minimum Gasteiger partial charge on any atom is -0.337 e. The predicted octanol–water partition coefficient (Wildman–Crippen LogP) is 4.01. The second kappa shape index (κ2) is 8.47. The third kappa shape index (κ3) is 3.79. The van der Waals surface area contributed by atoms with Crippen LogP contribution in [0.25, 0.3) is 22.4 Å². The number of hydrogen-bond donors (Lipinski definition) is 1. The zero-order valence-electron chi connectivity index (χ0n) is 16.9. The number of benzene rings is 2. The Balaban J connectivity index is 1.94. The SMILES string of the molecule is CCn1c(-c2ccccc2F)nc2cc(NC(C)=O)cc(C(=O)N3CCSCC3)c21. The number of aromatic nitrogens is 2. The maximum absolute atomic E-state index is 14.5. The van der Waals surface area contributed by atoms with Gasteiger partial charge in [0.15, 0.2) is 0 Å². The average Bonchev–Trinajstić information content (AvgIpc) is 3.11. The first-order valence-electron chi connectivity index (χ1n) is 9.93. The van der Waals surface area contributed by atoms with Crippen LogP contribution in [-0.4, -0.2) is 50.9 Å². The molecule has 2 heterocycles. The second-order valence-electron chi connectivity index (χ2n) is 7.14. The van der Waals surface area contributed by atoms with Crippen molar-refractivity contribution in [3.63, 3.8) is 0 Å². The summed E-state index contributed by atoms with van der Waals surface area (Å²) in [5.74, 6) is 1.56. The molecule has 0 bridgehead atoms. The molecule has 1 saturated heterocycles. The van der Waals surface area contributed by atoms with Gasteiger partial charge in [-0.1, -0.05) is 12.1 Å². The number of fused-ring (bicyclic) bond motifs is 1. The maximum Gasteiger partial charge on any atom is 0.256 e. The molecular weight excluding hydrogens is 403 g/mol. The van der Waals surface area contributed by atoms with E-state index in [1.165, 1.54) is 13.0 Å². The molecule has 1 N–H and O–H groups in total. The summed E-state index contributed by atoms with van der Waals surface area (Å²) in [6.07, 6.45) is 0. The minimum absolute atomic E-state index is 0.0952. The van der Waals surface area contributed by atoms with E-state index >= 15 is 0 Å². The number of rotatable bonds is 4. The van der Waals surface area contributed by atoms with E-state index in [1.54, 1.807) is 30.3 Å². The molecule has 1 aliphatic heterocycles. The maximum atomic E-state index is 14.5. The Morgan fingerprint density at radius 2 is 1.93 bits per heavy atom. The van der Waals surface area contributed by atoms with Crippen molar-refractivity contribution in [3.05, 3.63) is 47.8 Å². The van der Waals surface area contributed by atoms with Crippen molar-refractivity contribution in [1.29, 1.82) is 0 Å². The van der Waals surface area contributed by atoms with E-state index in [-0.39, 0.29) is 17.6 Å². The summed E-state index contributed by atoms with van der Waals surface area (Å²) in [7, 11) is 0. The first kappa shape index (κ1) is 20.4. The van der Waals surface area contributed by atoms with Crippen molar-refractivity contribution in [2.45, 2.75) is 20.4 Å². The highest BCUT2D eigenvalue weighted by Crippen LogP contribution is 2.32. The topological polar surface area (TPSA) is 67.2 Å². The number of nitrogens with one attached hydrogen (secondary N) is 1. The molecule has 156 valence electrons. The van der Waals surface area contributed by atoms with E-state index < -0.39 is 0 Å². The summed E-state index contributed by atoms with van der Waals surface area (Å²) >= 11 is 1.83. The molecule has 30 heavy (non-hydrogen) atoms. The van der Waals surface area contributed by atoms with E-state index in [1.807, 2.05) is 28.2 Å². The van der Waals surface area contributed by atoms with Crippen molar-refractivity contribution in [2.75, 3.05) is 29.9 Å². The lowest BCUT2D eigenvalue weighted by Crippen LogP contribution is -2.38. The van der Waals surface area contributed by atoms with Gasteiger partial charge in [-0.15, -0.1) is 0 Å². The lowest BCUT2D eigenvalue weighted by atomic mass is 10.1. The van der Waals surface area contributed by atoms with Gasteiger partial charge in [-0.2, -0.15) is 11.8 Å². The second-order valence-corrected chi connectivity index (χ2v) is 8.36. The number of anilines is 1. The number of halogens is 1. The van der Waals surface area contributed by atoms with Crippen molar-refractivity contribution in [1.82, 2.24) is 14.5 Å². The monoisotopic (exact) mass is 426 g/mol. The molecule has 6 nitrogen and oxygen atoms in total. The molecule has 2 aromatic carbocycles. The number of thioether (sulfide) groups is 1. The van der Waals surface area contributed by atoms with Gasteiger partial charge < -0.3 is 14.8 Å². The Kier molecular flexibility index (Phi) is 5.76. The van der Waals surface area contributed by atoms with Crippen LogP contribution in [0.15, 0.2) is 36.4 Å². The van der Waals surface area contributed by atoms with Crippen LogP contribution in [0, 0.1) is 5.82 Å². The number of aryl methyl sites for hydroxylation is 1. The summed E-state index contributed by atoms with van der Waals surface area (Å²) in [4.78, 5) is 31.6. The van der Waals surface area contributed by atoms with E-state index in [0.717, 1.165) is 11.5 Å². The van der Waals surface area contributed by atoms with Gasteiger partial charge in [0, 0.05) is 43.8 Å². The van der Waals surface area contributed by atoms with Crippen LogP contribution in [0.3, 0.4) is 0 Å². The lowest BCUT2D eigenvalue weighted by Gasteiger charge is -2.27. The highest BCUT2D eigenvalue weighted by molar-refractivity contribution is 7.99. The fourth-order valence-corrected chi connectivity index (χ4v) is 4.70. The molecule has 0 saturated carbocycles. The first-order chi connectivity index (χ1) is 14.5. The zero-order chi connectivity index (χ0) is 21.3. The van der Waals surface area contributed by atoms with Gasteiger partial charge in [-0.05, 0) is 31.2 Å². The van der Waals surface area contributed by atoms with Gasteiger partial charge in [-0.25, -0.2) is 9.37 Å². The average molecular weight is 427 g/mol. The Morgan fingerprint density at radius 3 is 2.60 bits per heavy atom. The molecule has 4 rings (SSSR count). The molecule has 3 aromatic rings. The summed E-state index contributed by atoms with van der Waals surface area (Å²) < 4.78 is 16.4. The molecule has 1 fully saturated rings. The van der Waals surface area contributed by atoms with Gasteiger partial charge >= 0.3 is 0 Å². The van der Waals surface area contributed by atoms with Crippen molar-refractivity contribution >= 4 is 40.3 Å². The Morgan fingerprint density at radius 1 is 1.20 bits per heavy atom. The lowest BCUT2D eigenvalue weighted by molar-refractivity contribution is -0.114. The highest BCUT2D eigenvalue weighted by Gasteiger charge is 2.25. The number of nitrogens with zero attached hydrogens (tertiary/aromatic N) is 3. The molecule has 8 heteroatoms. The summed E-state index contributed by atoms with van der Waals surface area (Å²) in [6.45, 7) is 5.24. The zero-order valence-corrected chi connectivity index (χ0v) is 17.8. The van der Waals surface area contributed by atoms with Crippen LogP contribution in [0.4, 0.5) is 10.1 Å². The van der Waals surface area contributed by atoms with Gasteiger partial charge in [0.2, 0.25) is 5.91 Å². The van der Waals surface area contributed by atoms with E-state index in [4.69, 9.17) is 0 Å². The normalized spacial score (nSPS) is 14.2. The molecule has 0 unspecified atom stereocenters. The standard InChI is InChI=1S/C22H23FN4O2S/c1-3-27-20-17(22(29)26-8-10-30-11-9-26)12-15(24-14(2)28)13-19(20)25-21(27)16-6-4-5-7-18(16)23/h4-7,12-13H,3,8-11H2,1-2H3,(H,24,28). The molecule has 1 aliphatic rings. The number of hydrogen-bond acceptors (Lipinski definition) is 4. The largest absolute Gasteiger partial charge is 0.337 e. The van der Waals surface area contributed by atoms with Crippen LogP contribution in [0.2, 0.25) is 0 Å². The third-order valence-corrected chi connectivity index (χ3v) is 6.06. The van der Waals surface area contributed by atoms with Crippen LogP contribution in [0.1, 0.15) is 24.2 Å². The smallest absolute Gasteiger partial charge is 0.256 e. The Bertz CT molecular complexity index is 1120. The Labute approximate surface area is 178 Å². The predicted molar refractivity (Wildman–Crippen MR) is 118 cm³/mol. The molecule has 0 spiro atoms. The third-order valence-electron chi connectivity index (χ3n) is 5.12. The van der Waals surface area contributed by atoms with Crippen LogP contribution >= 0.6 is 11.8 Å². The molecule has 1 aromatic heterocycles. The molecular formula is C22H23FN4O2S. The van der Waals surface area contributed by atoms with E-state index in [2.05, 4.69) is 10.3 Å². The highest BCUT2D eigenvalue weighted by atomic mass is 32.2. The fourth-order valence-electron chi connectivity index (χ4n) is 3.80. The first-order valence-corrected chi connectivity index (χ1v) is 11.1. The Hall–Kier alpha value is -2.87. The number of imidazole rings is 1. The van der Waals surface area contributed by atoms with E-state index in [9.17, 15) is 14.0 Å². The van der Waals surface area contributed by atoms with E-state index in [0.29, 0.717) is 53.3 Å². The molecule has 0 aliphatic carbocycles. The van der Waals surface area contributed by atoms with Gasteiger partial charge in [-0.3, -0.25) is 9.59 Å². The molecule has 0 radical (unpaired) electrons. The minimum atomic E-state index is -0.370. The molecule has 2 amide bonds. The number of carbonyl (C=O) groups is 2. The number of carbonyl (C=O) groups excluding carboxylic acids is 2. The van der Waals surface area contributed by atoms with Crippen molar-refractivity contribution in [2.24, 2.45) is 0 Å². The van der Waals surface area contributed by atoms with Gasteiger partial charge in [0.1, 0.15) is 11.6 Å². The fraction of sp³-hybridized carbons (Fsp3) is 0.318. The van der Waals surface area contributed by atoms with Gasteiger partial charge in [0.05, 0.1) is 22.2 Å². The van der Waals surface area contributed by atoms with Crippen molar-refractivity contribution in [3.8, 4) is 11.4 Å². The van der Waals surface area contributed by atoms with Gasteiger partial charge in [0.25, 0.3) is 5.91 Å². The van der Waals surface area contributed by atoms with Crippen molar-refractivity contribution < 1.29 is 14.0 Å².